The molecule has 118 valence electrons. The Balaban J connectivity index is 2.04. The first kappa shape index (κ1) is 16.5. The molecule has 21 heavy (non-hydrogen) atoms. The number of hydrogen-bond acceptors (Lipinski definition) is 2. The Bertz CT molecular complexity index is 441. The van der Waals surface area contributed by atoms with E-state index in [0.29, 0.717) is 18.2 Å². The fourth-order valence-corrected chi connectivity index (χ4v) is 3.50. The van der Waals surface area contributed by atoms with Gasteiger partial charge in [0.05, 0.1) is 6.10 Å². The molecule has 2 nitrogen and oxygen atoms in total. The van der Waals surface area contributed by atoms with Gasteiger partial charge in [-0.3, -0.25) is 0 Å². The molecule has 1 fully saturated rings. The van der Waals surface area contributed by atoms with Crippen molar-refractivity contribution in [1.82, 2.24) is 5.32 Å². The third-order valence-corrected chi connectivity index (χ3v) is 5.40. The molecule has 0 amide bonds. The average molecular weight is 289 g/mol. The van der Waals surface area contributed by atoms with Crippen LogP contribution in [0.15, 0.2) is 24.3 Å². The van der Waals surface area contributed by atoms with Gasteiger partial charge in [-0.25, -0.2) is 0 Å². The van der Waals surface area contributed by atoms with Gasteiger partial charge >= 0.3 is 0 Å². The van der Waals surface area contributed by atoms with E-state index in [-0.39, 0.29) is 5.41 Å². The van der Waals surface area contributed by atoms with Gasteiger partial charge in [0.15, 0.2) is 0 Å². The zero-order chi connectivity index (χ0) is 15.5. The number of hydrogen-bond donors (Lipinski definition) is 1. The van der Waals surface area contributed by atoms with Crippen LogP contribution in [-0.4, -0.2) is 18.8 Å². The third kappa shape index (κ3) is 3.32. The fourth-order valence-electron chi connectivity index (χ4n) is 3.50. The monoisotopic (exact) mass is 289 g/mol. The van der Waals surface area contributed by atoms with Gasteiger partial charge in [-0.05, 0) is 38.7 Å². The van der Waals surface area contributed by atoms with Gasteiger partial charge < -0.3 is 10.1 Å². The molecule has 4 atom stereocenters. The summed E-state index contributed by atoms with van der Waals surface area (Å²) >= 11 is 0. The molecule has 1 aromatic rings. The standard InChI is InChI=1S/C19H31NO/c1-6-16(15-11-9-14(4)10-12-15)20-17-13-18(21-8-3)19(17,5)7-2/h9-12,16-18,20H,6-8,13H2,1-5H3. The molecule has 2 heteroatoms. The van der Waals surface area contributed by atoms with Crippen molar-refractivity contribution < 1.29 is 4.74 Å². The number of ether oxygens (including phenoxy) is 1. The van der Waals surface area contributed by atoms with Crippen LogP contribution in [0, 0.1) is 12.3 Å². The maximum atomic E-state index is 5.91. The highest BCUT2D eigenvalue weighted by atomic mass is 16.5. The van der Waals surface area contributed by atoms with Gasteiger partial charge in [0.25, 0.3) is 0 Å². The predicted octanol–water partition coefficient (Wildman–Crippen LogP) is 4.63. The van der Waals surface area contributed by atoms with Crippen LogP contribution in [0.4, 0.5) is 0 Å². The van der Waals surface area contributed by atoms with Crippen molar-refractivity contribution >= 4 is 0 Å². The first-order chi connectivity index (χ1) is 10.0. The molecule has 4 unspecified atom stereocenters. The molecule has 0 spiro atoms. The van der Waals surface area contributed by atoms with E-state index in [0.717, 1.165) is 19.4 Å². The summed E-state index contributed by atoms with van der Waals surface area (Å²) in [6.07, 6.45) is 3.85. The molecule has 1 aliphatic carbocycles. The zero-order valence-corrected chi connectivity index (χ0v) is 14.3. The Hall–Kier alpha value is -0.860. The molecule has 1 N–H and O–H groups in total. The van der Waals surface area contributed by atoms with E-state index < -0.39 is 0 Å². The molecule has 0 radical (unpaired) electrons. The summed E-state index contributed by atoms with van der Waals surface area (Å²) in [6, 6.07) is 9.95. The summed E-state index contributed by atoms with van der Waals surface area (Å²) in [6.45, 7) is 12.0. The van der Waals surface area contributed by atoms with Gasteiger partial charge in [-0.15, -0.1) is 0 Å². The SMILES string of the molecule is CCOC1CC(NC(CC)c2ccc(C)cc2)C1(C)CC. The lowest BCUT2D eigenvalue weighted by Crippen LogP contribution is -2.62. The maximum Gasteiger partial charge on any atom is 0.0658 e. The molecule has 0 heterocycles. The number of rotatable bonds is 7. The fraction of sp³-hybridized carbons (Fsp3) is 0.684. The molecule has 0 aliphatic heterocycles. The highest BCUT2D eigenvalue weighted by Crippen LogP contribution is 2.46. The minimum absolute atomic E-state index is 0.272. The first-order valence-electron chi connectivity index (χ1n) is 8.49. The molecular weight excluding hydrogens is 258 g/mol. The van der Waals surface area contributed by atoms with Crippen LogP contribution in [0.1, 0.15) is 64.1 Å². The van der Waals surface area contributed by atoms with E-state index in [2.05, 4.69) is 64.2 Å². The normalized spacial score (nSPS) is 30.0. The summed E-state index contributed by atoms with van der Waals surface area (Å²) in [7, 11) is 0. The smallest absolute Gasteiger partial charge is 0.0658 e. The van der Waals surface area contributed by atoms with Crippen molar-refractivity contribution in [3.63, 3.8) is 0 Å². The summed E-state index contributed by atoms with van der Waals surface area (Å²) < 4.78 is 5.91. The molecule has 0 saturated heterocycles. The number of nitrogens with one attached hydrogen (secondary N) is 1. The van der Waals surface area contributed by atoms with E-state index in [1.54, 1.807) is 0 Å². The van der Waals surface area contributed by atoms with Crippen LogP contribution in [0.2, 0.25) is 0 Å². The third-order valence-electron chi connectivity index (χ3n) is 5.40. The van der Waals surface area contributed by atoms with E-state index >= 15 is 0 Å². The number of benzene rings is 1. The maximum absolute atomic E-state index is 5.91. The summed E-state index contributed by atoms with van der Waals surface area (Å²) in [5.74, 6) is 0. The van der Waals surface area contributed by atoms with Crippen molar-refractivity contribution in [2.75, 3.05) is 6.61 Å². The Morgan fingerprint density at radius 1 is 1.24 bits per heavy atom. The van der Waals surface area contributed by atoms with Crippen molar-refractivity contribution in [2.24, 2.45) is 5.41 Å². The lowest BCUT2D eigenvalue weighted by Gasteiger charge is -2.54. The van der Waals surface area contributed by atoms with Crippen LogP contribution in [-0.2, 0) is 4.74 Å². The van der Waals surface area contributed by atoms with Gasteiger partial charge in [0.2, 0.25) is 0 Å². The Morgan fingerprint density at radius 2 is 1.90 bits per heavy atom. The second kappa shape index (κ2) is 6.93. The number of aryl methyl sites for hydroxylation is 1. The topological polar surface area (TPSA) is 21.3 Å². The molecular formula is C19H31NO. The van der Waals surface area contributed by atoms with Crippen molar-refractivity contribution in [2.45, 2.75) is 72.1 Å². The summed E-state index contributed by atoms with van der Waals surface area (Å²) in [4.78, 5) is 0. The van der Waals surface area contributed by atoms with E-state index in [4.69, 9.17) is 4.74 Å². The lowest BCUT2D eigenvalue weighted by atomic mass is 9.61. The van der Waals surface area contributed by atoms with Gasteiger partial charge in [-0.2, -0.15) is 0 Å². The highest BCUT2D eigenvalue weighted by Gasteiger charge is 2.51. The van der Waals surface area contributed by atoms with Crippen LogP contribution < -0.4 is 5.32 Å². The molecule has 1 aliphatic rings. The minimum Gasteiger partial charge on any atom is -0.378 e. The van der Waals surface area contributed by atoms with E-state index in [1.165, 1.54) is 17.5 Å². The Kier molecular flexibility index (Phi) is 5.45. The van der Waals surface area contributed by atoms with Crippen molar-refractivity contribution in [3.8, 4) is 0 Å². The zero-order valence-electron chi connectivity index (χ0n) is 14.3. The molecule has 0 aromatic heterocycles. The molecule has 2 rings (SSSR count). The van der Waals surface area contributed by atoms with Crippen molar-refractivity contribution in [3.05, 3.63) is 35.4 Å². The van der Waals surface area contributed by atoms with Crippen LogP contribution in [0.3, 0.4) is 0 Å². The lowest BCUT2D eigenvalue weighted by molar-refractivity contribution is -0.128. The molecule has 0 bridgehead atoms. The minimum atomic E-state index is 0.272. The molecule has 1 aromatic carbocycles. The van der Waals surface area contributed by atoms with Crippen LogP contribution in [0.5, 0.6) is 0 Å². The molecule has 1 saturated carbocycles. The predicted molar refractivity (Wildman–Crippen MR) is 89.6 cm³/mol. The summed E-state index contributed by atoms with van der Waals surface area (Å²) in [5.41, 5.74) is 3.00. The largest absolute Gasteiger partial charge is 0.378 e. The second-order valence-corrected chi connectivity index (χ2v) is 6.63. The van der Waals surface area contributed by atoms with Crippen molar-refractivity contribution in [1.29, 1.82) is 0 Å². The second-order valence-electron chi connectivity index (χ2n) is 6.63. The van der Waals surface area contributed by atoms with E-state index in [1.807, 2.05) is 0 Å². The van der Waals surface area contributed by atoms with Crippen LogP contribution >= 0.6 is 0 Å². The van der Waals surface area contributed by atoms with Gasteiger partial charge in [0.1, 0.15) is 0 Å². The highest BCUT2D eigenvalue weighted by molar-refractivity contribution is 5.24. The Morgan fingerprint density at radius 3 is 2.43 bits per heavy atom. The van der Waals surface area contributed by atoms with Gasteiger partial charge in [0, 0.05) is 24.1 Å². The first-order valence-corrected chi connectivity index (χ1v) is 8.49. The van der Waals surface area contributed by atoms with Gasteiger partial charge in [-0.1, -0.05) is 50.6 Å². The Labute approximate surface area is 130 Å². The van der Waals surface area contributed by atoms with Crippen LogP contribution in [0.25, 0.3) is 0 Å². The average Bonchev–Trinajstić information content (AvgIpc) is 2.50. The van der Waals surface area contributed by atoms with E-state index in [9.17, 15) is 0 Å². The summed E-state index contributed by atoms with van der Waals surface area (Å²) in [5, 5.41) is 3.89. The quantitative estimate of drug-likeness (QED) is 0.790.